The number of ether oxygens (including phenoxy) is 1. The van der Waals surface area contributed by atoms with Gasteiger partial charge in [0.05, 0.1) is 0 Å². The Morgan fingerprint density at radius 1 is 1.36 bits per heavy atom. The number of hydrogen-bond acceptors (Lipinski definition) is 3. The first kappa shape index (κ1) is 18.6. The van der Waals surface area contributed by atoms with E-state index in [1.54, 1.807) is 26.0 Å². The summed E-state index contributed by atoms with van der Waals surface area (Å²) in [6.07, 6.45) is 1.98. The molecule has 2 rings (SSSR count). The maximum absolute atomic E-state index is 12.3. The summed E-state index contributed by atoms with van der Waals surface area (Å²) in [5.74, 6) is -0.0422. The van der Waals surface area contributed by atoms with Crippen molar-refractivity contribution in [2.45, 2.75) is 39.3 Å². The summed E-state index contributed by atoms with van der Waals surface area (Å²) < 4.78 is 29.2. The van der Waals surface area contributed by atoms with E-state index in [0.29, 0.717) is 16.7 Å². The number of piperidine rings is 1. The van der Waals surface area contributed by atoms with Gasteiger partial charge in [-0.1, -0.05) is 0 Å². The molecule has 0 aliphatic carbocycles. The number of halogens is 3. The maximum Gasteiger partial charge on any atom is 0.387 e. The van der Waals surface area contributed by atoms with Crippen molar-refractivity contribution in [1.82, 2.24) is 10.6 Å². The summed E-state index contributed by atoms with van der Waals surface area (Å²) in [6.45, 7) is 2.18. The molecule has 7 heteroatoms. The van der Waals surface area contributed by atoms with Gasteiger partial charge in [-0.3, -0.25) is 4.79 Å². The predicted octanol–water partition coefficient (Wildman–Crippen LogP) is 2.81. The SMILES string of the molecule is Cc1cc(C(=O)NC2CCCNC2)cc(C)c1OC(F)F.Cl. The number of carbonyl (C=O) groups is 1. The number of carbonyl (C=O) groups excluding carboxylic acids is 1. The highest BCUT2D eigenvalue weighted by Gasteiger charge is 2.18. The Morgan fingerprint density at radius 2 is 2.00 bits per heavy atom. The van der Waals surface area contributed by atoms with Crippen LogP contribution in [0.3, 0.4) is 0 Å². The van der Waals surface area contributed by atoms with E-state index < -0.39 is 6.61 Å². The number of aryl methyl sites for hydroxylation is 2. The Kier molecular flexibility index (Phi) is 7.03. The van der Waals surface area contributed by atoms with Crippen LogP contribution >= 0.6 is 12.4 Å². The van der Waals surface area contributed by atoms with Crippen LogP contribution in [0, 0.1) is 13.8 Å². The summed E-state index contributed by atoms with van der Waals surface area (Å²) >= 11 is 0. The van der Waals surface area contributed by atoms with Crippen molar-refractivity contribution in [2.75, 3.05) is 13.1 Å². The topological polar surface area (TPSA) is 50.4 Å². The van der Waals surface area contributed by atoms with E-state index in [-0.39, 0.29) is 30.1 Å². The normalized spacial score (nSPS) is 17.8. The van der Waals surface area contributed by atoms with Crippen molar-refractivity contribution in [3.05, 3.63) is 28.8 Å². The van der Waals surface area contributed by atoms with Crippen LogP contribution in [0.25, 0.3) is 0 Å². The molecule has 0 bridgehead atoms. The Bertz CT molecular complexity index is 497. The van der Waals surface area contributed by atoms with Crippen molar-refractivity contribution < 1.29 is 18.3 Å². The largest absolute Gasteiger partial charge is 0.434 e. The Hall–Kier alpha value is -1.40. The molecule has 22 heavy (non-hydrogen) atoms. The van der Waals surface area contributed by atoms with Gasteiger partial charge < -0.3 is 15.4 Å². The average Bonchev–Trinajstić information content (AvgIpc) is 2.43. The molecule has 1 unspecified atom stereocenters. The van der Waals surface area contributed by atoms with Crippen LogP contribution in [0.1, 0.15) is 34.3 Å². The molecular formula is C15H21ClF2N2O2. The van der Waals surface area contributed by atoms with E-state index in [0.717, 1.165) is 25.9 Å². The molecule has 1 aromatic carbocycles. The second-order valence-corrected chi connectivity index (χ2v) is 5.33. The van der Waals surface area contributed by atoms with Crippen molar-refractivity contribution >= 4 is 18.3 Å². The van der Waals surface area contributed by atoms with Gasteiger partial charge in [0.25, 0.3) is 5.91 Å². The summed E-state index contributed by atoms with van der Waals surface area (Å²) in [5, 5.41) is 6.19. The second-order valence-electron chi connectivity index (χ2n) is 5.33. The van der Waals surface area contributed by atoms with Crippen LogP contribution in [0.2, 0.25) is 0 Å². The number of rotatable bonds is 4. The van der Waals surface area contributed by atoms with Crippen LogP contribution in [0.5, 0.6) is 5.75 Å². The molecule has 0 radical (unpaired) electrons. The van der Waals surface area contributed by atoms with E-state index in [4.69, 9.17) is 0 Å². The maximum atomic E-state index is 12.3. The first-order valence-corrected chi connectivity index (χ1v) is 7.05. The zero-order valence-electron chi connectivity index (χ0n) is 12.6. The highest BCUT2D eigenvalue weighted by molar-refractivity contribution is 5.95. The molecular weight excluding hydrogens is 314 g/mol. The minimum atomic E-state index is -2.87. The van der Waals surface area contributed by atoms with Crippen LogP contribution in [0.4, 0.5) is 8.78 Å². The van der Waals surface area contributed by atoms with Gasteiger partial charge in [0.1, 0.15) is 5.75 Å². The molecule has 1 aromatic rings. The van der Waals surface area contributed by atoms with E-state index in [9.17, 15) is 13.6 Å². The molecule has 124 valence electrons. The van der Waals surface area contributed by atoms with E-state index >= 15 is 0 Å². The molecule has 0 aromatic heterocycles. The minimum Gasteiger partial charge on any atom is -0.434 e. The number of nitrogens with one attached hydrogen (secondary N) is 2. The summed E-state index contributed by atoms with van der Waals surface area (Å²) in [6, 6.07) is 3.27. The quantitative estimate of drug-likeness (QED) is 0.890. The van der Waals surface area contributed by atoms with Gasteiger partial charge in [0.15, 0.2) is 0 Å². The van der Waals surface area contributed by atoms with Gasteiger partial charge in [0.2, 0.25) is 0 Å². The van der Waals surface area contributed by atoms with Crippen molar-refractivity contribution in [1.29, 1.82) is 0 Å². The van der Waals surface area contributed by atoms with E-state index in [1.165, 1.54) is 0 Å². The van der Waals surface area contributed by atoms with E-state index in [2.05, 4.69) is 15.4 Å². The molecule has 1 saturated heterocycles. The van der Waals surface area contributed by atoms with Gasteiger partial charge in [-0.15, -0.1) is 12.4 Å². The highest BCUT2D eigenvalue weighted by Crippen LogP contribution is 2.26. The monoisotopic (exact) mass is 334 g/mol. The van der Waals surface area contributed by atoms with Crippen molar-refractivity contribution in [3.8, 4) is 5.75 Å². The van der Waals surface area contributed by atoms with Crippen LogP contribution < -0.4 is 15.4 Å². The van der Waals surface area contributed by atoms with E-state index in [1.807, 2.05) is 0 Å². The molecule has 1 aliphatic rings. The van der Waals surface area contributed by atoms with Crippen LogP contribution in [-0.4, -0.2) is 31.7 Å². The first-order valence-electron chi connectivity index (χ1n) is 7.05. The zero-order valence-corrected chi connectivity index (χ0v) is 13.4. The summed E-state index contributed by atoms with van der Waals surface area (Å²) in [5.41, 5.74) is 1.53. The lowest BCUT2D eigenvalue weighted by Crippen LogP contribution is -2.45. The molecule has 0 spiro atoms. The van der Waals surface area contributed by atoms with Crippen molar-refractivity contribution in [3.63, 3.8) is 0 Å². The number of benzene rings is 1. The Balaban J connectivity index is 0.00000242. The molecule has 1 aliphatic heterocycles. The molecule has 1 fully saturated rings. The third-order valence-corrected chi connectivity index (χ3v) is 3.56. The highest BCUT2D eigenvalue weighted by atomic mass is 35.5. The molecule has 0 saturated carbocycles. The van der Waals surface area contributed by atoms with Gasteiger partial charge in [-0.2, -0.15) is 8.78 Å². The fourth-order valence-electron chi connectivity index (χ4n) is 2.60. The smallest absolute Gasteiger partial charge is 0.387 e. The standard InChI is InChI=1S/C15H20F2N2O2.ClH/c1-9-6-11(7-10(2)13(9)21-15(16)17)14(20)19-12-4-3-5-18-8-12;/h6-7,12,15,18H,3-5,8H2,1-2H3,(H,19,20);1H. The second kappa shape index (κ2) is 8.29. The molecule has 4 nitrogen and oxygen atoms in total. The molecule has 2 N–H and O–H groups in total. The van der Waals surface area contributed by atoms with Gasteiger partial charge in [0, 0.05) is 18.2 Å². The molecule has 1 heterocycles. The third kappa shape index (κ3) is 4.81. The summed E-state index contributed by atoms with van der Waals surface area (Å²) in [7, 11) is 0. The van der Waals surface area contributed by atoms with Gasteiger partial charge in [-0.25, -0.2) is 0 Å². The number of amides is 1. The predicted molar refractivity (Wildman–Crippen MR) is 83.2 cm³/mol. The van der Waals surface area contributed by atoms with Crippen LogP contribution in [-0.2, 0) is 0 Å². The fraction of sp³-hybridized carbons (Fsp3) is 0.533. The fourth-order valence-corrected chi connectivity index (χ4v) is 2.60. The lowest BCUT2D eigenvalue weighted by atomic mass is 10.0. The van der Waals surface area contributed by atoms with Gasteiger partial charge >= 0.3 is 6.61 Å². The zero-order chi connectivity index (χ0) is 15.4. The average molecular weight is 335 g/mol. The minimum absolute atomic E-state index is 0. The Labute approximate surface area is 135 Å². The lowest BCUT2D eigenvalue weighted by molar-refractivity contribution is -0.0507. The van der Waals surface area contributed by atoms with Gasteiger partial charge in [-0.05, 0) is 56.5 Å². The van der Waals surface area contributed by atoms with Crippen LogP contribution in [0.15, 0.2) is 12.1 Å². The first-order chi connectivity index (χ1) is 9.97. The third-order valence-electron chi connectivity index (χ3n) is 3.56. The molecule has 1 amide bonds. The lowest BCUT2D eigenvalue weighted by Gasteiger charge is -2.24. The molecule has 1 atom stereocenters. The summed E-state index contributed by atoms with van der Waals surface area (Å²) in [4.78, 5) is 12.2. The Morgan fingerprint density at radius 3 is 2.50 bits per heavy atom. The van der Waals surface area contributed by atoms with Crippen molar-refractivity contribution in [2.24, 2.45) is 0 Å². The number of alkyl halides is 2. The number of hydrogen-bond donors (Lipinski definition) is 2.